The van der Waals surface area contributed by atoms with E-state index in [2.05, 4.69) is 24.1 Å². The van der Waals surface area contributed by atoms with Crippen LogP contribution in [0.15, 0.2) is 0 Å². The van der Waals surface area contributed by atoms with Gasteiger partial charge in [-0.3, -0.25) is 0 Å². The van der Waals surface area contributed by atoms with Crippen LogP contribution in [0.25, 0.3) is 0 Å². The second-order valence-corrected chi connectivity index (χ2v) is 5.30. The van der Waals surface area contributed by atoms with E-state index >= 15 is 0 Å². The van der Waals surface area contributed by atoms with Gasteiger partial charge < -0.3 is 15.0 Å². The van der Waals surface area contributed by atoms with E-state index in [0.29, 0.717) is 12.0 Å². The van der Waals surface area contributed by atoms with Gasteiger partial charge in [-0.05, 0) is 30.5 Å². The third-order valence-corrected chi connectivity index (χ3v) is 3.17. The van der Waals surface area contributed by atoms with Crippen molar-refractivity contribution in [2.75, 3.05) is 33.4 Å². The Morgan fingerprint density at radius 2 is 2.27 bits per heavy atom. The van der Waals surface area contributed by atoms with Gasteiger partial charge in [-0.1, -0.05) is 13.8 Å². The van der Waals surface area contributed by atoms with Gasteiger partial charge in [0, 0.05) is 26.7 Å². The molecule has 3 nitrogen and oxygen atoms in total. The molecule has 1 aliphatic rings. The number of likely N-dealkylation sites (tertiary alicyclic amines) is 1. The normalized spacial score (nSPS) is 20.1. The second-order valence-electron chi connectivity index (χ2n) is 4.91. The molecule has 0 amide bonds. The Morgan fingerprint density at radius 1 is 1.53 bits per heavy atom. The first-order valence-corrected chi connectivity index (χ1v) is 5.98. The number of piperidine rings is 1. The number of hydrogen-bond acceptors (Lipinski definition) is 2. The number of methoxy groups -OCH3 is 1. The van der Waals surface area contributed by atoms with Gasteiger partial charge in [0.2, 0.25) is 0 Å². The topological polar surface area (TPSA) is 24.5 Å². The highest BCUT2D eigenvalue weighted by Crippen LogP contribution is 2.28. The van der Waals surface area contributed by atoms with Gasteiger partial charge in [0.25, 0.3) is 0 Å². The first-order chi connectivity index (χ1) is 7.05. The molecular weight excluding hydrogens is 208 g/mol. The third-order valence-electron chi connectivity index (χ3n) is 2.77. The maximum Gasteiger partial charge on any atom is 0.169 e. The van der Waals surface area contributed by atoms with Gasteiger partial charge in [-0.25, -0.2) is 0 Å². The Labute approximate surface area is 98.2 Å². The van der Waals surface area contributed by atoms with E-state index in [-0.39, 0.29) is 0 Å². The molecule has 4 heteroatoms. The molecule has 0 unspecified atom stereocenters. The lowest BCUT2D eigenvalue weighted by Crippen LogP contribution is -2.48. The summed E-state index contributed by atoms with van der Waals surface area (Å²) >= 11 is 5.35. The van der Waals surface area contributed by atoms with Crippen molar-refractivity contribution in [2.24, 2.45) is 5.41 Å². The summed E-state index contributed by atoms with van der Waals surface area (Å²) in [5.41, 5.74) is 0.394. The van der Waals surface area contributed by atoms with Crippen LogP contribution in [0.1, 0.15) is 26.7 Å². The summed E-state index contributed by atoms with van der Waals surface area (Å²) in [6.45, 7) is 8.26. The fourth-order valence-electron chi connectivity index (χ4n) is 1.97. The molecule has 1 rings (SSSR count). The van der Waals surface area contributed by atoms with Crippen molar-refractivity contribution in [2.45, 2.75) is 26.7 Å². The van der Waals surface area contributed by atoms with Gasteiger partial charge in [-0.15, -0.1) is 0 Å². The minimum Gasteiger partial charge on any atom is -0.383 e. The molecule has 88 valence electrons. The Hall–Kier alpha value is -0.350. The molecule has 1 heterocycles. The summed E-state index contributed by atoms with van der Waals surface area (Å²) in [7, 11) is 1.70. The van der Waals surface area contributed by atoms with E-state index in [1.807, 2.05) is 0 Å². The van der Waals surface area contributed by atoms with Gasteiger partial charge in [0.15, 0.2) is 5.11 Å². The number of nitrogens with one attached hydrogen (secondary N) is 1. The van der Waals surface area contributed by atoms with Crippen LogP contribution >= 0.6 is 12.2 Å². The molecule has 0 spiro atoms. The molecule has 0 bridgehead atoms. The maximum atomic E-state index is 5.35. The highest BCUT2D eigenvalue weighted by atomic mass is 32.1. The molecule has 0 aromatic carbocycles. The monoisotopic (exact) mass is 230 g/mol. The van der Waals surface area contributed by atoms with Crippen LogP contribution < -0.4 is 5.32 Å². The molecule has 15 heavy (non-hydrogen) atoms. The van der Waals surface area contributed by atoms with Crippen LogP contribution in [0, 0.1) is 5.41 Å². The molecule has 1 saturated heterocycles. The molecule has 1 N–H and O–H groups in total. The lowest BCUT2D eigenvalue weighted by Gasteiger charge is -2.39. The van der Waals surface area contributed by atoms with Gasteiger partial charge in [0.05, 0.1) is 6.61 Å². The molecule has 0 aromatic rings. The van der Waals surface area contributed by atoms with Gasteiger partial charge in [-0.2, -0.15) is 0 Å². The Morgan fingerprint density at radius 3 is 2.87 bits per heavy atom. The fourth-order valence-corrected chi connectivity index (χ4v) is 2.23. The van der Waals surface area contributed by atoms with E-state index in [4.69, 9.17) is 17.0 Å². The van der Waals surface area contributed by atoms with Crippen molar-refractivity contribution in [3.05, 3.63) is 0 Å². The van der Waals surface area contributed by atoms with Crippen LogP contribution in [0.3, 0.4) is 0 Å². The van der Waals surface area contributed by atoms with Crippen LogP contribution in [-0.2, 0) is 4.74 Å². The Kier molecular flexibility index (Phi) is 4.80. The zero-order valence-corrected chi connectivity index (χ0v) is 10.8. The lowest BCUT2D eigenvalue weighted by atomic mass is 9.84. The van der Waals surface area contributed by atoms with E-state index in [1.54, 1.807) is 7.11 Å². The van der Waals surface area contributed by atoms with Crippen molar-refractivity contribution in [1.29, 1.82) is 0 Å². The molecule has 0 aromatic heterocycles. The maximum absolute atomic E-state index is 5.35. The van der Waals surface area contributed by atoms with Crippen molar-refractivity contribution >= 4 is 17.3 Å². The van der Waals surface area contributed by atoms with Crippen molar-refractivity contribution in [3.63, 3.8) is 0 Å². The summed E-state index contributed by atoms with van der Waals surface area (Å²) in [5, 5.41) is 4.10. The highest BCUT2D eigenvalue weighted by Gasteiger charge is 2.27. The first-order valence-electron chi connectivity index (χ1n) is 5.57. The summed E-state index contributed by atoms with van der Waals surface area (Å²) < 4.78 is 4.98. The predicted octanol–water partition coefficient (Wildman–Crippen LogP) is 1.63. The fraction of sp³-hybridized carbons (Fsp3) is 0.909. The molecular formula is C11H22N2OS. The minimum absolute atomic E-state index is 0.394. The lowest BCUT2D eigenvalue weighted by molar-refractivity contribution is 0.174. The van der Waals surface area contributed by atoms with Crippen LogP contribution in [0.5, 0.6) is 0 Å². The SMILES string of the molecule is COCCNC(=S)N1CCCC(C)(C)C1. The number of thiocarbonyl (C=S) groups is 1. The molecule has 1 aliphatic heterocycles. The number of nitrogens with zero attached hydrogens (tertiary/aromatic N) is 1. The average molecular weight is 230 g/mol. The minimum atomic E-state index is 0.394. The quantitative estimate of drug-likeness (QED) is 0.588. The smallest absolute Gasteiger partial charge is 0.169 e. The largest absolute Gasteiger partial charge is 0.383 e. The highest BCUT2D eigenvalue weighted by molar-refractivity contribution is 7.80. The zero-order valence-electron chi connectivity index (χ0n) is 10.0. The van der Waals surface area contributed by atoms with Crippen molar-refractivity contribution < 1.29 is 4.74 Å². The van der Waals surface area contributed by atoms with Crippen LogP contribution in [0.2, 0.25) is 0 Å². The van der Waals surface area contributed by atoms with Gasteiger partial charge >= 0.3 is 0 Å². The first kappa shape index (κ1) is 12.7. The van der Waals surface area contributed by atoms with E-state index in [0.717, 1.165) is 24.7 Å². The molecule has 0 atom stereocenters. The second kappa shape index (κ2) is 5.66. The molecule has 0 saturated carbocycles. The van der Waals surface area contributed by atoms with Crippen LogP contribution in [-0.4, -0.2) is 43.4 Å². The number of rotatable bonds is 3. The van der Waals surface area contributed by atoms with Crippen molar-refractivity contribution in [1.82, 2.24) is 10.2 Å². The summed E-state index contributed by atoms with van der Waals surface area (Å²) in [5.74, 6) is 0. The van der Waals surface area contributed by atoms with Gasteiger partial charge in [0.1, 0.15) is 0 Å². The van der Waals surface area contributed by atoms with E-state index in [1.165, 1.54) is 12.8 Å². The molecule has 0 radical (unpaired) electrons. The third kappa shape index (κ3) is 4.34. The van der Waals surface area contributed by atoms with Crippen LogP contribution in [0.4, 0.5) is 0 Å². The van der Waals surface area contributed by atoms with E-state index in [9.17, 15) is 0 Å². The van der Waals surface area contributed by atoms with E-state index < -0.39 is 0 Å². The van der Waals surface area contributed by atoms with Crippen molar-refractivity contribution in [3.8, 4) is 0 Å². The number of ether oxygens (including phenoxy) is 1. The summed E-state index contributed by atoms with van der Waals surface area (Å²) in [4.78, 5) is 2.27. The molecule has 1 fully saturated rings. The summed E-state index contributed by atoms with van der Waals surface area (Å²) in [6, 6.07) is 0. The Bertz CT molecular complexity index is 219. The Balaban J connectivity index is 2.32. The standard InChI is InChI=1S/C11H22N2OS/c1-11(2)5-4-7-13(9-11)10(15)12-6-8-14-3/h4-9H2,1-3H3,(H,12,15). The summed E-state index contributed by atoms with van der Waals surface area (Å²) in [6.07, 6.45) is 2.53. The average Bonchev–Trinajstić information content (AvgIpc) is 2.16. The zero-order chi connectivity index (χ0) is 11.3. The molecule has 0 aliphatic carbocycles. The number of hydrogen-bond donors (Lipinski definition) is 1. The predicted molar refractivity (Wildman–Crippen MR) is 67.1 cm³/mol.